The van der Waals surface area contributed by atoms with E-state index in [1.165, 1.54) is 5.69 Å². The van der Waals surface area contributed by atoms with Crippen molar-refractivity contribution in [2.45, 2.75) is 52.7 Å². The highest BCUT2D eigenvalue weighted by Crippen LogP contribution is 2.31. The van der Waals surface area contributed by atoms with E-state index in [9.17, 15) is 0 Å². The zero-order valence-electron chi connectivity index (χ0n) is 19.7. The highest BCUT2D eigenvalue weighted by molar-refractivity contribution is 14.0. The lowest BCUT2D eigenvalue weighted by Gasteiger charge is -2.28. The van der Waals surface area contributed by atoms with Crippen LogP contribution in [0.25, 0.3) is 0 Å². The number of nitrogens with one attached hydrogen (secondary N) is 2. The quantitative estimate of drug-likeness (QED) is 0.198. The number of fused-ring (bicyclic) bond motifs is 1. The molecule has 0 spiro atoms. The molecule has 0 saturated carbocycles. The maximum Gasteiger partial charge on any atom is 0.192 e. The first-order valence-corrected chi connectivity index (χ1v) is 11.1. The molecule has 1 unspecified atom stereocenters. The van der Waals surface area contributed by atoms with Crippen molar-refractivity contribution in [1.29, 1.82) is 0 Å². The normalized spacial score (nSPS) is 15.4. The van der Waals surface area contributed by atoms with Gasteiger partial charge in [0.1, 0.15) is 18.1 Å². The van der Waals surface area contributed by atoms with Gasteiger partial charge in [-0.1, -0.05) is 18.2 Å². The number of aromatic nitrogens is 5. The Morgan fingerprint density at radius 3 is 2.76 bits per heavy atom. The molecule has 0 saturated heterocycles. The van der Waals surface area contributed by atoms with Crippen LogP contribution in [0.15, 0.2) is 35.3 Å². The minimum atomic E-state index is 0. The third kappa shape index (κ3) is 6.24. The third-order valence-electron chi connectivity index (χ3n) is 5.77. The number of para-hydroxylation sites is 1. The number of benzene rings is 1. The van der Waals surface area contributed by atoms with Crippen molar-refractivity contribution >= 4 is 29.9 Å². The summed E-state index contributed by atoms with van der Waals surface area (Å²) in [6.07, 6.45) is 1.82. The summed E-state index contributed by atoms with van der Waals surface area (Å²) in [5.41, 5.74) is 3.40. The summed E-state index contributed by atoms with van der Waals surface area (Å²) in [5.74, 6) is 3.41. The van der Waals surface area contributed by atoms with E-state index in [1.54, 1.807) is 0 Å². The number of hydrogen-bond donors (Lipinski definition) is 2. The van der Waals surface area contributed by atoms with E-state index in [0.717, 1.165) is 60.5 Å². The van der Waals surface area contributed by atoms with Crippen molar-refractivity contribution in [3.05, 3.63) is 58.9 Å². The first-order chi connectivity index (χ1) is 15.5. The largest absolute Gasteiger partial charge is 0.493 e. The standard InChI is InChI=1S/C23H32N8O.HI/c1-16-14-17(2)31(29-16)12-7-11-24-23(25-15-22-28-27-18(3)30(22)4)26-20-10-13-32-21-9-6-5-8-19(20)21;/h5-6,8-9,14,20H,7,10-13,15H2,1-4H3,(H2,24,25,26);1H. The lowest BCUT2D eigenvalue weighted by molar-refractivity contribution is 0.261. The smallest absolute Gasteiger partial charge is 0.192 e. The van der Waals surface area contributed by atoms with Crippen LogP contribution in [0.1, 0.15) is 47.5 Å². The second kappa shape index (κ2) is 11.5. The Morgan fingerprint density at radius 2 is 2.03 bits per heavy atom. The van der Waals surface area contributed by atoms with E-state index in [0.29, 0.717) is 13.2 Å². The van der Waals surface area contributed by atoms with Crippen LogP contribution >= 0.6 is 24.0 Å². The van der Waals surface area contributed by atoms with Gasteiger partial charge in [-0.05, 0) is 39.3 Å². The van der Waals surface area contributed by atoms with Gasteiger partial charge in [-0.15, -0.1) is 34.2 Å². The first kappa shape index (κ1) is 25.0. The number of rotatable bonds is 7. The Morgan fingerprint density at radius 1 is 1.21 bits per heavy atom. The van der Waals surface area contributed by atoms with Crippen LogP contribution in [0.5, 0.6) is 5.75 Å². The van der Waals surface area contributed by atoms with Gasteiger partial charge < -0.3 is 19.9 Å². The van der Waals surface area contributed by atoms with Crippen LogP contribution < -0.4 is 15.4 Å². The minimum absolute atomic E-state index is 0. The molecule has 0 radical (unpaired) electrons. The van der Waals surface area contributed by atoms with E-state index < -0.39 is 0 Å². The summed E-state index contributed by atoms with van der Waals surface area (Å²) in [5, 5.41) is 20.0. The number of nitrogens with zero attached hydrogens (tertiary/aromatic N) is 6. The van der Waals surface area contributed by atoms with Crippen LogP contribution in [0, 0.1) is 20.8 Å². The Hall–Kier alpha value is -2.63. The Kier molecular flexibility index (Phi) is 8.70. The zero-order valence-corrected chi connectivity index (χ0v) is 22.0. The van der Waals surface area contributed by atoms with Gasteiger partial charge in [0.2, 0.25) is 0 Å². The van der Waals surface area contributed by atoms with Gasteiger partial charge in [0.15, 0.2) is 11.8 Å². The van der Waals surface area contributed by atoms with Crippen molar-refractivity contribution in [2.24, 2.45) is 12.0 Å². The molecular formula is C23H33IN8O. The molecular weight excluding hydrogens is 531 g/mol. The van der Waals surface area contributed by atoms with Crippen LogP contribution in [-0.4, -0.2) is 43.7 Å². The molecule has 1 atom stereocenters. The topological polar surface area (TPSA) is 94.2 Å². The average molecular weight is 564 g/mol. The SMILES string of the molecule is Cc1cc(C)n(CCCNC(=NCc2nnc(C)n2C)NC2CCOc3ccccc32)n1.I. The molecule has 1 aromatic carbocycles. The summed E-state index contributed by atoms with van der Waals surface area (Å²) < 4.78 is 9.83. The number of guanidine groups is 1. The molecule has 10 heteroatoms. The van der Waals surface area contributed by atoms with Gasteiger partial charge >= 0.3 is 0 Å². The lowest BCUT2D eigenvalue weighted by atomic mass is 10.0. The molecule has 3 aromatic rings. The van der Waals surface area contributed by atoms with Gasteiger partial charge in [-0.3, -0.25) is 4.68 Å². The molecule has 33 heavy (non-hydrogen) atoms. The molecule has 0 aliphatic carbocycles. The Balaban J connectivity index is 0.00000306. The summed E-state index contributed by atoms with van der Waals surface area (Å²) in [4.78, 5) is 4.81. The minimum Gasteiger partial charge on any atom is -0.493 e. The molecule has 2 aromatic heterocycles. The maximum atomic E-state index is 5.81. The van der Waals surface area contributed by atoms with E-state index in [4.69, 9.17) is 9.73 Å². The number of aryl methyl sites for hydroxylation is 4. The first-order valence-electron chi connectivity index (χ1n) is 11.1. The van der Waals surface area contributed by atoms with E-state index in [2.05, 4.69) is 49.7 Å². The van der Waals surface area contributed by atoms with Crippen molar-refractivity contribution in [3.8, 4) is 5.75 Å². The highest BCUT2D eigenvalue weighted by Gasteiger charge is 2.22. The summed E-state index contributed by atoms with van der Waals surface area (Å²) in [6, 6.07) is 10.4. The molecule has 0 amide bonds. The van der Waals surface area contributed by atoms with E-state index in [1.807, 2.05) is 43.7 Å². The molecule has 1 aliphatic rings. The van der Waals surface area contributed by atoms with Crippen molar-refractivity contribution in [3.63, 3.8) is 0 Å². The van der Waals surface area contributed by atoms with Crippen molar-refractivity contribution in [1.82, 2.24) is 35.2 Å². The summed E-state index contributed by atoms with van der Waals surface area (Å²) >= 11 is 0. The van der Waals surface area contributed by atoms with Crippen LogP contribution in [-0.2, 0) is 20.1 Å². The molecule has 0 bridgehead atoms. The number of hydrogen-bond acceptors (Lipinski definition) is 5. The van der Waals surface area contributed by atoms with Gasteiger partial charge in [0, 0.05) is 37.8 Å². The van der Waals surface area contributed by atoms with Crippen LogP contribution in [0.3, 0.4) is 0 Å². The fourth-order valence-electron chi connectivity index (χ4n) is 3.89. The van der Waals surface area contributed by atoms with E-state index in [-0.39, 0.29) is 30.0 Å². The third-order valence-corrected chi connectivity index (χ3v) is 5.77. The fraction of sp³-hybridized carbons (Fsp3) is 0.478. The molecule has 178 valence electrons. The fourth-order valence-corrected chi connectivity index (χ4v) is 3.89. The highest BCUT2D eigenvalue weighted by atomic mass is 127. The Bertz CT molecular complexity index is 1090. The molecule has 2 N–H and O–H groups in total. The van der Waals surface area contributed by atoms with Crippen molar-refractivity contribution < 1.29 is 4.74 Å². The monoisotopic (exact) mass is 564 g/mol. The van der Waals surface area contributed by atoms with E-state index >= 15 is 0 Å². The maximum absolute atomic E-state index is 5.81. The van der Waals surface area contributed by atoms with Crippen LogP contribution in [0.2, 0.25) is 0 Å². The molecule has 4 rings (SSSR count). The number of ether oxygens (including phenoxy) is 1. The van der Waals surface area contributed by atoms with Gasteiger partial charge in [0.05, 0.1) is 18.3 Å². The van der Waals surface area contributed by atoms with Gasteiger partial charge in [-0.25, -0.2) is 4.99 Å². The summed E-state index contributed by atoms with van der Waals surface area (Å²) in [7, 11) is 1.96. The number of halogens is 1. The molecule has 1 aliphatic heterocycles. The number of aliphatic imine (C=N–C) groups is 1. The predicted molar refractivity (Wildman–Crippen MR) is 139 cm³/mol. The molecule has 3 heterocycles. The average Bonchev–Trinajstić information content (AvgIpc) is 3.29. The lowest BCUT2D eigenvalue weighted by Crippen LogP contribution is -2.41. The summed E-state index contributed by atoms with van der Waals surface area (Å²) in [6.45, 7) is 8.84. The molecule has 9 nitrogen and oxygen atoms in total. The second-order valence-corrected chi connectivity index (χ2v) is 8.19. The predicted octanol–water partition coefficient (Wildman–Crippen LogP) is 3.20. The van der Waals surface area contributed by atoms with Crippen LogP contribution in [0.4, 0.5) is 0 Å². The van der Waals surface area contributed by atoms with Gasteiger partial charge in [-0.2, -0.15) is 5.10 Å². The molecule has 0 fully saturated rings. The Labute approximate surface area is 212 Å². The zero-order chi connectivity index (χ0) is 22.5. The van der Waals surface area contributed by atoms with Gasteiger partial charge in [0.25, 0.3) is 0 Å². The second-order valence-electron chi connectivity index (χ2n) is 8.19. The van der Waals surface area contributed by atoms with Crippen molar-refractivity contribution in [2.75, 3.05) is 13.2 Å².